The number of nitrogens with zero attached hydrogens (tertiary/aromatic N) is 2. The quantitative estimate of drug-likeness (QED) is 0.554. The van der Waals surface area contributed by atoms with E-state index in [0.717, 1.165) is 0 Å². The first-order chi connectivity index (χ1) is 9.99. The van der Waals surface area contributed by atoms with E-state index >= 15 is 0 Å². The van der Waals surface area contributed by atoms with Crippen LogP contribution in [0.5, 0.6) is 0 Å². The van der Waals surface area contributed by atoms with E-state index in [4.69, 9.17) is 11.6 Å². The Kier molecular flexibility index (Phi) is 3.71. The van der Waals surface area contributed by atoms with Gasteiger partial charge in [-0.25, -0.2) is 13.8 Å². The minimum atomic E-state index is -0.452. The highest BCUT2D eigenvalue weighted by molar-refractivity contribution is 9.10. The summed E-state index contributed by atoms with van der Waals surface area (Å²) < 4.78 is 29.9. The lowest BCUT2D eigenvalue weighted by Crippen LogP contribution is -2.03. The molecule has 0 saturated heterocycles. The Morgan fingerprint density at radius 3 is 2.71 bits per heavy atom. The first-order valence-electron chi connectivity index (χ1n) is 6.25. The predicted molar refractivity (Wildman–Crippen MR) is 83.0 cm³/mol. The van der Waals surface area contributed by atoms with Gasteiger partial charge in [-0.15, -0.1) is 11.6 Å². The zero-order chi connectivity index (χ0) is 15.1. The summed E-state index contributed by atoms with van der Waals surface area (Å²) in [6.07, 6.45) is 0. The van der Waals surface area contributed by atoms with Crippen molar-refractivity contribution >= 4 is 38.6 Å². The number of para-hydroxylation sites is 1. The molecule has 2 aromatic carbocycles. The number of imidazole rings is 1. The Hall–Kier alpha value is -1.46. The van der Waals surface area contributed by atoms with Crippen LogP contribution in [0.25, 0.3) is 16.7 Å². The minimum absolute atomic E-state index is 0.219. The molecule has 1 heterocycles. The van der Waals surface area contributed by atoms with Gasteiger partial charge in [-0.3, -0.25) is 4.57 Å². The van der Waals surface area contributed by atoms with Crippen molar-refractivity contribution < 1.29 is 8.78 Å². The molecule has 3 aromatic rings. The monoisotopic (exact) mass is 370 g/mol. The Labute approximate surface area is 133 Å². The average Bonchev–Trinajstić information content (AvgIpc) is 2.82. The maximum absolute atomic E-state index is 13.9. The average molecular weight is 372 g/mol. The van der Waals surface area contributed by atoms with Crippen molar-refractivity contribution in [1.29, 1.82) is 0 Å². The van der Waals surface area contributed by atoms with E-state index in [1.807, 2.05) is 0 Å². The van der Waals surface area contributed by atoms with Crippen molar-refractivity contribution in [2.24, 2.45) is 0 Å². The van der Waals surface area contributed by atoms with E-state index < -0.39 is 11.2 Å². The van der Waals surface area contributed by atoms with Crippen molar-refractivity contribution in [3.05, 3.63) is 58.3 Å². The molecule has 0 saturated carbocycles. The summed E-state index contributed by atoms with van der Waals surface area (Å²) >= 11 is 9.55. The summed E-state index contributed by atoms with van der Waals surface area (Å²) in [6.45, 7) is 1.74. The van der Waals surface area contributed by atoms with Gasteiger partial charge in [-0.05, 0) is 53.2 Å². The van der Waals surface area contributed by atoms with Gasteiger partial charge >= 0.3 is 0 Å². The van der Waals surface area contributed by atoms with Crippen molar-refractivity contribution in [2.45, 2.75) is 12.3 Å². The van der Waals surface area contributed by atoms with Crippen LogP contribution < -0.4 is 0 Å². The van der Waals surface area contributed by atoms with Gasteiger partial charge in [0, 0.05) is 4.47 Å². The van der Waals surface area contributed by atoms with Gasteiger partial charge in [0.15, 0.2) is 5.82 Å². The maximum Gasteiger partial charge on any atom is 0.151 e. The Balaban J connectivity index is 2.42. The number of rotatable bonds is 2. The molecule has 0 radical (unpaired) electrons. The van der Waals surface area contributed by atoms with Gasteiger partial charge in [0.1, 0.15) is 17.2 Å². The summed E-state index contributed by atoms with van der Waals surface area (Å²) in [5.41, 5.74) is 1.30. The molecule has 0 bridgehead atoms. The number of alkyl halides is 1. The zero-order valence-electron chi connectivity index (χ0n) is 10.9. The smallest absolute Gasteiger partial charge is 0.151 e. The van der Waals surface area contributed by atoms with Crippen molar-refractivity contribution in [3.63, 3.8) is 0 Å². The Morgan fingerprint density at radius 2 is 2.00 bits per heavy atom. The van der Waals surface area contributed by atoms with Gasteiger partial charge in [0.25, 0.3) is 0 Å². The molecule has 108 valence electrons. The van der Waals surface area contributed by atoms with E-state index in [-0.39, 0.29) is 11.3 Å². The number of halogens is 4. The van der Waals surface area contributed by atoms with Gasteiger partial charge in [-0.1, -0.05) is 6.07 Å². The molecule has 1 unspecified atom stereocenters. The number of hydrogen-bond acceptors (Lipinski definition) is 1. The highest BCUT2D eigenvalue weighted by Crippen LogP contribution is 2.32. The first-order valence-corrected chi connectivity index (χ1v) is 7.48. The summed E-state index contributed by atoms with van der Waals surface area (Å²) in [7, 11) is 0. The van der Waals surface area contributed by atoms with Gasteiger partial charge in [-0.2, -0.15) is 0 Å². The highest BCUT2D eigenvalue weighted by atomic mass is 79.9. The van der Waals surface area contributed by atoms with E-state index in [9.17, 15) is 8.78 Å². The van der Waals surface area contributed by atoms with E-state index in [1.54, 1.807) is 29.7 Å². The molecule has 3 rings (SSSR count). The molecule has 21 heavy (non-hydrogen) atoms. The Bertz CT molecular complexity index is 830. The summed E-state index contributed by atoms with van der Waals surface area (Å²) in [5, 5.41) is -0.452. The second kappa shape index (κ2) is 5.39. The van der Waals surface area contributed by atoms with E-state index in [0.29, 0.717) is 21.5 Å². The molecule has 2 nitrogen and oxygen atoms in total. The molecule has 1 aromatic heterocycles. The lowest BCUT2D eigenvalue weighted by atomic mass is 10.2. The van der Waals surface area contributed by atoms with Crippen molar-refractivity contribution in [3.8, 4) is 5.69 Å². The van der Waals surface area contributed by atoms with E-state index in [1.165, 1.54) is 18.2 Å². The fourth-order valence-electron chi connectivity index (χ4n) is 2.26. The number of fused-ring (bicyclic) bond motifs is 1. The lowest BCUT2D eigenvalue weighted by molar-refractivity contribution is 0.626. The number of hydrogen-bond donors (Lipinski definition) is 0. The summed E-state index contributed by atoms with van der Waals surface area (Å²) in [5.74, 6) is -0.361. The van der Waals surface area contributed by atoms with Crippen LogP contribution in [0.3, 0.4) is 0 Å². The molecule has 0 N–H and O–H groups in total. The number of aromatic nitrogens is 2. The fourth-order valence-corrected chi connectivity index (χ4v) is 2.83. The van der Waals surface area contributed by atoms with Crippen LogP contribution in [0.15, 0.2) is 40.9 Å². The highest BCUT2D eigenvalue weighted by Gasteiger charge is 2.20. The molecule has 0 aliphatic carbocycles. The minimum Gasteiger partial charge on any atom is -0.294 e. The van der Waals surface area contributed by atoms with Crippen LogP contribution in [0.1, 0.15) is 18.1 Å². The molecule has 0 fully saturated rings. The van der Waals surface area contributed by atoms with Crippen LogP contribution in [0.4, 0.5) is 8.78 Å². The molecule has 6 heteroatoms. The molecule has 0 aliphatic heterocycles. The summed E-state index contributed by atoms with van der Waals surface area (Å²) in [4.78, 5) is 4.27. The molecule has 0 amide bonds. The third kappa shape index (κ3) is 2.45. The summed E-state index contributed by atoms with van der Waals surface area (Å²) in [6, 6.07) is 8.95. The van der Waals surface area contributed by atoms with E-state index in [2.05, 4.69) is 20.9 Å². The second-order valence-electron chi connectivity index (χ2n) is 4.62. The molecular formula is C15H10BrClF2N2. The predicted octanol–water partition coefficient (Wildman–Crippen LogP) is 5.37. The Morgan fingerprint density at radius 1 is 1.24 bits per heavy atom. The van der Waals surface area contributed by atoms with Gasteiger partial charge in [0.05, 0.1) is 16.6 Å². The molecular weight excluding hydrogens is 362 g/mol. The van der Waals surface area contributed by atoms with Crippen molar-refractivity contribution in [1.82, 2.24) is 9.55 Å². The van der Waals surface area contributed by atoms with Crippen LogP contribution in [-0.4, -0.2) is 9.55 Å². The normalized spacial score (nSPS) is 12.8. The SMILES string of the molecule is CC(Cl)c1nc2c(F)cccc2n1-c1cc(F)ccc1Br. The second-order valence-corrected chi connectivity index (χ2v) is 6.13. The van der Waals surface area contributed by atoms with Crippen LogP contribution >= 0.6 is 27.5 Å². The lowest BCUT2D eigenvalue weighted by Gasteiger charge is -2.12. The molecule has 1 atom stereocenters. The molecule has 0 spiro atoms. The van der Waals surface area contributed by atoms with Gasteiger partial charge < -0.3 is 0 Å². The topological polar surface area (TPSA) is 17.8 Å². The largest absolute Gasteiger partial charge is 0.294 e. The van der Waals surface area contributed by atoms with Crippen LogP contribution in [0.2, 0.25) is 0 Å². The molecule has 0 aliphatic rings. The third-order valence-corrected chi connectivity index (χ3v) is 4.03. The standard InChI is InChI=1S/C15H10BrClF2N2/c1-8(17)15-20-14-11(19)3-2-4-12(14)21(15)13-7-9(18)5-6-10(13)16/h2-8H,1H3. The van der Waals surface area contributed by atoms with Crippen LogP contribution in [0, 0.1) is 11.6 Å². The zero-order valence-corrected chi connectivity index (χ0v) is 13.3. The van der Waals surface area contributed by atoms with Crippen LogP contribution in [-0.2, 0) is 0 Å². The fraction of sp³-hybridized carbons (Fsp3) is 0.133. The first kappa shape index (κ1) is 14.5. The van der Waals surface area contributed by atoms with Gasteiger partial charge in [0.2, 0.25) is 0 Å². The number of benzene rings is 2. The maximum atomic E-state index is 13.9. The van der Waals surface area contributed by atoms with Crippen molar-refractivity contribution in [2.75, 3.05) is 0 Å². The third-order valence-electron chi connectivity index (χ3n) is 3.17.